The van der Waals surface area contributed by atoms with E-state index in [1.54, 1.807) is 45.9 Å². The summed E-state index contributed by atoms with van der Waals surface area (Å²) in [6.45, 7) is 6.68. The van der Waals surface area contributed by atoms with Crippen molar-refractivity contribution in [2.24, 2.45) is 0 Å². The monoisotopic (exact) mass is 614 g/mol. The molecule has 13 heteroatoms. The minimum absolute atomic E-state index is 0.0323. The molecule has 1 unspecified atom stereocenters. The van der Waals surface area contributed by atoms with Crippen molar-refractivity contribution in [3.05, 3.63) is 70.3 Å². The molecule has 0 radical (unpaired) electrons. The maximum absolute atomic E-state index is 13.2. The number of alkyl halides is 6. The number of hydrogen-bond donors (Lipinski definition) is 1. The van der Waals surface area contributed by atoms with Crippen molar-refractivity contribution in [3.8, 4) is 0 Å². The third-order valence-corrected chi connectivity index (χ3v) is 6.37. The first-order chi connectivity index (χ1) is 19.9. The number of hydrogen-bond acceptors (Lipinski definition) is 5. The van der Waals surface area contributed by atoms with Crippen LogP contribution in [0.1, 0.15) is 74.4 Å². The van der Waals surface area contributed by atoms with E-state index in [0.29, 0.717) is 25.0 Å². The molecule has 0 bridgehead atoms. The molecule has 0 aromatic heterocycles. The quantitative estimate of drug-likeness (QED) is 0.189. The van der Waals surface area contributed by atoms with Gasteiger partial charge in [-0.3, -0.25) is 4.79 Å². The van der Waals surface area contributed by atoms with E-state index in [2.05, 4.69) is 5.32 Å². The molecule has 2 aromatic carbocycles. The second-order valence-corrected chi connectivity index (χ2v) is 10.9. The van der Waals surface area contributed by atoms with Crippen molar-refractivity contribution in [3.63, 3.8) is 0 Å². The van der Waals surface area contributed by atoms with Gasteiger partial charge in [0.15, 0.2) is 0 Å². The molecule has 7 nitrogen and oxygen atoms in total. The van der Waals surface area contributed by atoms with Crippen molar-refractivity contribution >= 4 is 29.7 Å². The molecule has 0 aliphatic heterocycles. The van der Waals surface area contributed by atoms with Crippen LogP contribution in [0.3, 0.4) is 0 Å². The summed E-state index contributed by atoms with van der Waals surface area (Å²) >= 11 is 0. The van der Waals surface area contributed by atoms with Gasteiger partial charge in [0.2, 0.25) is 5.91 Å². The standard InChI is InChI=1S/C30H32F6N2O5/c1-5-42-26(40)11-7-18-6-9-23-19(14-18)8-10-24(23)38(27(41)43-28(2,3)4)13-12-25(39)37-22-16-20(29(31,32)33)15-21(17-22)30(34,35)36/h6-7,9,11,14-17,24H,5,8,10,12-13H2,1-4H3,(H,37,39)/b11-7+. The first kappa shape index (κ1) is 33.5. The fourth-order valence-electron chi connectivity index (χ4n) is 4.56. The fraction of sp³-hybridized carbons (Fsp3) is 0.433. The van der Waals surface area contributed by atoms with E-state index < -0.39 is 65.2 Å². The van der Waals surface area contributed by atoms with Crippen molar-refractivity contribution in [2.45, 2.75) is 71.0 Å². The molecule has 0 saturated carbocycles. The van der Waals surface area contributed by atoms with Crippen molar-refractivity contribution in [1.29, 1.82) is 0 Å². The molecular weight excluding hydrogens is 582 g/mol. The van der Waals surface area contributed by atoms with E-state index in [1.165, 1.54) is 11.0 Å². The highest BCUT2D eigenvalue weighted by Crippen LogP contribution is 2.39. The van der Waals surface area contributed by atoms with Crippen LogP contribution < -0.4 is 5.32 Å². The Hall–Kier alpha value is -4.03. The molecule has 1 atom stereocenters. The molecule has 2 aromatic rings. The summed E-state index contributed by atoms with van der Waals surface area (Å²) in [5.41, 5.74) is -2.27. The largest absolute Gasteiger partial charge is 0.463 e. The number of rotatable bonds is 8. The highest BCUT2D eigenvalue weighted by molar-refractivity contribution is 5.91. The Morgan fingerprint density at radius 1 is 0.977 bits per heavy atom. The van der Waals surface area contributed by atoms with Gasteiger partial charge in [-0.2, -0.15) is 26.3 Å². The number of esters is 1. The minimum Gasteiger partial charge on any atom is -0.463 e. The average Bonchev–Trinajstić information content (AvgIpc) is 3.28. The number of nitrogens with one attached hydrogen (secondary N) is 1. The lowest BCUT2D eigenvalue weighted by molar-refractivity contribution is -0.143. The van der Waals surface area contributed by atoms with E-state index in [9.17, 15) is 40.7 Å². The highest BCUT2D eigenvalue weighted by atomic mass is 19.4. The van der Waals surface area contributed by atoms with E-state index in [-0.39, 0.29) is 19.2 Å². The van der Waals surface area contributed by atoms with Gasteiger partial charge in [-0.15, -0.1) is 0 Å². The maximum atomic E-state index is 13.2. The average molecular weight is 615 g/mol. The van der Waals surface area contributed by atoms with Crippen molar-refractivity contribution < 1.29 is 50.2 Å². The van der Waals surface area contributed by atoms with Crippen LogP contribution in [-0.2, 0) is 37.8 Å². The number of ether oxygens (including phenoxy) is 2. The number of fused-ring (bicyclic) bond motifs is 1. The lowest BCUT2D eigenvalue weighted by atomic mass is 10.0. The third-order valence-electron chi connectivity index (χ3n) is 6.37. The summed E-state index contributed by atoms with van der Waals surface area (Å²) in [5, 5.41) is 2.10. The van der Waals surface area contributed by atoms with Crippen LogP contribution >= 0.6 is 0 Å². The summed E-state index contributed by atoms with van der Waals surface area (Å²) < 4.78 is 89.7. The molecule has 0 heterocycles. The summed E-state index contributed by atoms with van der Waals surface area (Å²) in [6.07, 6.45) is -7.37. The molecule has 234 valence electrons. The van der Waals surface area contributed by atoms with Gasteiger partial charge in [-0.25, -0.2) is 9.59 Å². The molecule has 1 N–H and O–H groups in total. The molecule has 0 fully saturated rings. The zero-order valence-electron chi connectivity index (χ0n) is 24.0. The molecule has 2 amide bonds. The number of carbonyl (C=O) groups excluding carboxylic acids is 3. The first-order valence-corrected chi connectivity index (χ1v) is 13.4. The Kier molecular flexibility index (Phi) is 10.2. The van der Waals surface area contributed by atoms with Gasteiger partial charge in [0.1, 0.15) is 5.60 Å². The second-order valence-electron chi connectivity index (χ2n) is 10.9. The maximum Gasteiger partial charge on any atom is 0.416 e. The molecule has 43 heavy (non-hydrogen) atoms. The zero-order valence-corrected chi connectivity index (χ0v) is 24.0. The Bertz CT molecular complexity index is 1350. The third kappa shape index (κ3) is 9.48. The fourth-order valence-corrected chi connectivity index (χ4v) is 4.56. The normalized spacial score (nSPS) is 15.3. The van der Waals surface area contributed by atoms with Gasteiger partial charge < -0.3 is 19.7 Å². The van der Waals surface area contributed by atoms with E-state index >= 15 is 0 Å². The zero-order chi connectivity index (χ0) is 32.2. The Balaban J connectivity index is 1.81. The summed E-state index contributed by atoms with van der Waals surface area (Å²) in [7, 11) is 0. The summed E-state index contributed by atoms with van der Waals surface area (Å²) in [5.74, 6) is -1.38. The number of nitrogens with zero attached hydrogens (tertiary/aromatic N) is 1. The predicted molar refractivity (Wildman–Crippen MR) is 146 cm³/mol. The summed E-state index contributed by atoms with van der Waals surface area (Å²) in [4.78, 5) is 38.9. The molecular formula is C30H32F6N2O5. The number of carbonyl (C=O) groups is 3. The molecule has 1 aliphatic rings. The Morgan fingerprint density at radius 2 is 1.60 bits per heavy atom. The van der Waals surface area contributed by atoms with Gasteiger partial charge in [0.25, 0.3) is 0 Å². The number of benzene rings is 2. The van der Waals surface area contributed by atoms with Gasteiger partial charge in [-0.1, -0.05) is 18.2 Å². The summed E-state index contributed by atoms with van der Waals surface area (Å²) in [6, 6.07) is 5.69. The molecule has 0 saturated heterocycles. The van der Waals surface area contributed by atoms with Crippen molar-refractivity contribution in [2.75, 3.05) is 18.5 Å². The number of halogens is 6. The SMILES string of the molecule is CCOC(=O)/C=C/c1ccc2c(c1)CCC2N(CCC(=O)Nc1cc(C(F)(F)F)cc(C(F)(F)F)c1)C(=O)OC(C)(C)C. The van der Waals surface area contributed by atoms with Crippen LogP contribution in [0.2, 0.25) is 0 Å². The Labute approximate surface area is 244 Å². The smallest absolute Gasteiger partial charge is 0.416 e. The van der Waals surface area contributed by atoms with Crippen LogP contribution in [0.15, 0.2) is 42.5 Å². The lowest BCUT2D eigenvalue weighted by Crippen LogP contribution is -2.40. The number of amides is 2. The Morgan fingerprint density at radius 3 is 2.16 bits per heavy atom. The van der Waals surface area contributed by atoms with Crippen LogP contribution in [-0.4, -0.2) is 41.6 Å². The van der Waals surface area contributed by atoms with Crippen LogP contribution in [0.25, 0.3) is 6.08 Å². The lowest BCUT2D eigenvalue weighted by Gasteiger charge is -2.32. The van der Waals surface area contributed by atoms with Gasteiger partial charge >= 0.3 is 24.4 Å². The number of anilines is 1. The second kappa shape index (κ2) is 13.1. The van der Waals surface area contributed by atoms with E-state index in [0.717, 1.165) is 16.7 Å². The molecule has 0 spiro atoms. The molecule has 3 rings (SSSR count). The van der Waals surface area contributed by atoms with Crippen LogP contribution in [0, 0.1) is 0 Å². The van der Waals surface area contributed by atoms with Crippen LogP contribution in [0.4, 0.5) is 36.8 Å². The highest BCUT2D eigenvalue weighted by Gasteiger charge is 2.37. The van der Waals surface area contributed by atoms with Crippen molar-refractivity contribution in [1.82, 2.24) is 4.90 Å². The van der Waals surface area contributed by atoms with Gasteiger partial charge in [-0.05, 0) is 81.5 Å². The van der Waals surface area contributed by atoms with Gasteiger partial charge in [0, 0.05) is 24.7 Å². The first-order valence-electron chi connectivity index (χ1n) is 13.4. The number of aryl methyl sites for hydroxylation is 1. The topological polar surface area (TPSA) is 84.9 Å². The van der Waals surface area contributed by atoms with E-state index in [1.807, 2.05) is 6.07 Å². The minimum atomic E-state index is -5.07. The predicted octanol–water partition coefficient (Wildman–Crippen LogP) is 7.55. The van der Waals surface area contributed by atoms with Gasteiger partial charge in [0.05, 0.1) is 23.8 Å². The van der Waals surface area contributed by atoms with E-state index in [4.69, 9.17) is 9.47 Å². The molecule has 1 aliphatic carbocycles. The van der Waals surface area contributed by atoms with Crippen LogP contribution in [0.5, 0.6) is 0 Å².